The number of benzene rings is 2. The molecule has 0 spiro atoms. The van der Waals surface area contributed by atoms with E-state index in [9.17, 15) is 18.4 Å². The van der Waals surface area contributed by atoms with E-state index >= 15 is 0 Å². The largest absolute Gasteiger partial charge is 0.335 e. The summed E-state index contributed by atoms with van der Waals surface area (Å²) in [4.78, 5) is 32.2. The fraction of sp³-hybridized carbons (Fsp3) is 0.280. The SMILES string of the molecule is O=C(c1ccc(F)cc1)N(CCN1CCN(C(=O)c2cccs2)CC1)Cc1ccc(F)cc1. The summed E-state index contributed by atoms with van der Waals surface area (Å²) >= 11 is 1.45. The minimum absolute atomic E-state index is 0.0640. The van der Waals surface area contributed by atoms with Crippen molar-refractivity contribution in [3.63, 3.8) is 0 Å². The summed E-state index contributed by atoms with van der Waals surface area (Å²) < 4.78 is 26.6. The molecule has 1 aliphatic rings. The Morgan fingerprint density at radius 1 is 0.879 bits per heavy atom. The molecule has 5 nitrogen and oxygen atoms in total. The first kappa shape index (κ1) is 23.1. The van der Waals surface area contributed by atoms with Gasteiger partial charge in [-0.3, -0.25) is 14.5 Å². The summed E-state index contributed by atoms with van der Waals surface area (Å²) in [6.45, 7) is 4.18. The summed E-state index contributed by atoms with van der Waals surface area (Å²) in [5, 5.41) is 1.90. The van der Waals surface area contributed by atoms with Crippen molar-refractivity contribution in [1.82, 2.24) is 14.7 Å². The zero-order valence-corrected chi connectivity index (χ0v) is 18.9. The standard InChI is InChI=1S/C25H25F2N3O2S/c26-21-7-3-19(4-8-21)18-30(24(31)20-5-9-22(27)10-6-20)16-13-28-11-14-29(15-12-28)25(32)23-2-1-17-33-23/h1-10,17H,11-16,18H2. The lowest BCUT2D eigenvalue weighted by atomic mass is 10.1. The van der Waals surface area contributed by atoms with Crippen LogP contribution in [0.3, 0.4) is 0 Å². The predicted molar refractivity (Wildman–Crippen MR) is 124 cm³/mol. The number of carbonyl (C=O) groups excluding carboxylic acids is 2. The summed E-state index contributed by atoms with van der Waals surface area (Å²) in [6, 6.07) is 15.3. The van der Waals surface area contributed by atoms with Gasteiger partial charge in [0.15, 0.2) is 0 Å². The average Bonchev–Trinajstić information content (AvgIpc) is 3.38. The van der Waals surface area contributed by atoms with Crippen LogP contribution in [0.4, 0.5) is 8.78 Å². The molecule has 3 aromatic rings. The van der Waals surface area contributed by atoms with Crippen LogP contribution in [0.25, 0.3) is 0 Å². The molecule has 0 aliphatic carbocycles. The van der Waals surface area contributed by atoms with Crippen LogP contribution in [0.1, 0.15) is 25.6 Å². The van der Waals surface area contributed by atoms with E-state index in [0.717, 1.165) is 23.5 Å². The van der Waals surface area contributed by atoms with Crippen LogP contribution in [-0.2, 0) is 6.54 Å². The molecule has 0 N–H and O–H groups in total. The minimum atomic E-state index is -0.397. The van der Waals surface area contributed by atoms with E-state index in [4.69, 9.17) is 0 Å². The number of hydrogen-bond acceptors (Lipinski definition) is 4. The van der Waals surface area contributed by atoms with Gasteiger partial charge in [0, 0.05) is 51.4 Å². The molecule has 0 saturated carbocycles. The quantitative estimate of drug-likeness (QED) is 0.523. The van der Waals surface area contributed by atoms with Gasteiger partial charge < -0.3 is 9.80 Å². The molecule has 1 saturated heterocycles. The van der Waals surface area contributed by atoms with Crippen molar-refractivity contribution < 1.29 is 18.4 Å². The van der Waals surface area contributed by atoms with Crippen LogP contribution >= 0.6 is 11.3 Å². The smallest absolute Gasteiger partial charge is 0.264 e. The number of amides is 2. The third-order valence-electron chi connectivity index (χ3n) is 5.74. The molecule has 0 radical (unpaired) electrons. The van der Waals surface area contributed by atoms with Crippen molar-refractivity contribution in [3.05, 3.63) is 93.7 Å². The molecule has 8 heteroatoms. The Bertz CT molecular complexity index is 1060. The van der Waals surface area contributed by atoms with Gasteiger partial charge in [-0.1, -0.05) is 18.2 Å². The molecule has 2 aromatic carbocycles. The van der Waals surface area contributed by atoms with E-state index in [2.05, 4.69) is 4.90 Å². The second-order valence-corrected chi connectivity index (χ2v) is 8.92. The second-order valence-electron chi connectivity index (χ2n) is 7.97. The maximum atomic E-state index is 13.3. The number of thiophene rings is 1. The van der Waals surface area contributed by atoms with Gasteiger partial charge in [-0.05, 0) is 53.4 Å². The Kier molecular flexibility index (Phi) is 7.47. The lowest BCUT2D eigenvalue weighted by Crippen LogP contribution is -2.50. The van der Waals surface area contributed by atoms with E-state index in [-0.39, 0.29) is 17.6 Å². The van der Waals surface area contributed by atoms with Crippen LogP contribution in [0, 0.1) is 11.6 Å². The van der Waals surface area contributed by atoms with Crippen molar-refractivity contribution in [1.29, 1.82) is 0 Å². The van der Waals surface area contributed by atoms with Crippen molar-refractivity contribution in [2.75, 3.05) is 39.3 Å². The second kappa shape index (κ2) is 10.7. The van der Waals surface area contributed by atoms with E-state index in [0.29, 0.717) is 38.3 Å². The number of nitrogens with zero attached hydrogens (tertiary/aromatic N) is 3. The summed E-state index contributed by atoms with van der Waals surface area (Å²) in [5.41, 5.74) is 1.23. The molecule has 4 rings (SSSR count). The molecule has 172 valence electrons. The summed E-state index contributed by atoms with van der Waals surface area (Å²) in [5.74, 6) is -0.864. The first-order valence-corrected chi connectivity index (χ1v) is 11.7. The predicted octanol–water partition coefficient (Wildman–Crippen LogP) is 4.13. The molecule has 2 amide bonds. The zero-order valence-electron chi connectivity index (χ0n) is 18.1. The monoisotopic (exact) mass is 469 g/mol. The van der Waals surface area contributed by atoms with E-state index in [1.165, 1.54) is 47.7 Å². The number of hydrogen-bond donors (Lipinski definition) is 0. The lowest BCUT2D eigenvalue weighted by molar-refractivity contribution is 0.0602. The van der Waals surface area contributed by atoms with Gasteiger partial charge in [-0.15, -0.1) is 11.3 Å². The normalized spacial score (nSPS) is 14.3. The highest BCUT2D eigenvalue weighted by molar-refractivity contribution is 7.12. The van der Waals surface area contributed by atoms with Crippen LogP contribution in [0.2, 0.25) is 0 Å². The molecule has 33 heavy (non-hydrogen) atoms. The number of rotatable bonds is 7. The van der Waals surface area contributed by atoms with Crippen LogP contribution in [0.15, 0.2) is 66.0 Å². The van der Waals surface area contributed by atoms with E-state index in [1.807, 2.05) is 22.4 Å². The molecule has 1 fully saturated rings. The molecule has 0 atom stereocenters. The highest BCUT2D eigenvalue weighted by Crippen LogP contribution is 2.15. The number of carbonyl (C=O) groups is 2. The van der Waals surface area contributed by atoms with E-state index < -0.39 is 5.82 Å². The van der Waals surface area contributed by atoms with Crippen LogP contribution < -0.4 is 0 Å². The van der Waals surface area contributed by atoms with Crippen molar-refractivity contribution in [2.24, 2.45) is 0 Å². The van der Waals surface area contributed by atoms with E-state index in [1.54, 1.807) is 17.0 Å². The molecule has 2 heterocycles. The van der Waals surface area contributed by atoms with Gasteiger partial charge in [0.05, 0.1) is 4.88 Å². The first-order valence-electron chi connectivity index (χ1n) is 10.8. The van der Waals surface area contributed by atoms with Crippen LogP contribution in [0.5, 0.6) is 0 Å². The number of piperazine rings is 1. The van der Waals surface area contributed by atoms with Crippen molar-refractivity contribution in [3.8, 4) is 0 Å². The average molecular weight is 470 g/mol. The Hall–Kier alpha value is -3.10. The van der Waals surface area contributed by atoms with Gasteiger partial charge in [0.1, 0.15) is 11.6 Å². The highest BCUT2D eigenvalue weighted by Gasteiger charge is 2.24. The van der Waals surface area contributed by atoms with Gasteiger partial charge in [-0.2, -0.15) is 0 Å². The number of halogens is 2. The molecular formula is C25H25F2N3O2S. The Morgan fingerprint density at radius 3 is 2.12 bits per heavy atom. The molecular weight excluding hydrogens is 444 g/mol. The third kappa shape index (κ3) is 6.03. The third-order valence-corrected chi connectivity index (χ3v) is 6.60. The van der Waals surface area contributed by atoms with Crippen molar-refractivity contribution >= 4 is 23.2 Å². The zero-order chi connectivity index (χ0) is 23.2. The topological polar surface area (TPSA) is 43.9 Å². The maximum Gasteiger partial charge on any atom is 0.264 e. The lowest BCUT2D eigenvalue weighted by Gasteiger charge is -2.35. The Balaban J connectivity index is 1.37. The van der Waals surface area contributed by atoms with Crippen LogP contribution in [-0.4, -0.2) is 65.8 Å². The van der Waals surface area contributed by atoms with Gasteiger partial charge in [-0.25, -0.2) is 8.78 Å². The molecule has 0 unspecified atom stereocenters. The fourth-order valence-electron chi connectivity index (χ4n) is 3.83. The Labute approximate surface area is 195 Å². The fourth-order valence-corrected chi connectivity index (χ4v) is 4.52. The van der Waals surface area contributed by atoms with Gasteiger partial charge in [0.25, 0.3) is 11.8 Å². The van der Waals surface area contributed by atoms with Gasteiger partial charge in [0.2, 0.25) is 0 Å². The van der Waals surface area contributed by atoms with Crippen molar-refractivity contribution in [2.45, 2.75) is 6.54 Å². The summed E-state index contributed by atoms with van der Waals surface area (Å²) in [7, 11) is 0. The highest BCUT2D eigenvalue weighted by atomic mass is 32.1. The molecule has 1 aliphatic heterocycles. The first-order chi connectivity index (χ1) is 16.0. The molecule has 1 aromatic heterocycles. The van der Waals surface area contributed by atoms with Gasteiger partial charge >= 0.3 is 0 Å². The summed E-state index contributed by atoms with van der Waals surface area (Å²) in [6.07, 6.45) is 0. The maximum absolute atomic E-state index is 13.3. The Morgan fingerprint density at radius 2 is 1.52 bits per heavy atom. The minimum Gasteiger partial charge on any atom is -0.335 e. The molecule has 0 bridgehead atoms.